The molecule has 2 rings (SSSR count). The SMILES string of the molecule is CCOC(=O)C(O)c1cccc(OC)c1OC1CCOC1. The normalized spacial score (nSPS) is 19.1. The minimum absolute atomic E-state index is 0.116. The first-order chi connectivity index (χ1) is 10.2. The Morgan fingerprint density at radius 3 is 2.95 bits per heavy atom. The third-order valence-electron chi connectivity index (χ3n) is 3.21. The Hall–Kier alpha value is -1.79. The van der Waals surface area contributed by atoms with Gasteiger partial charge in [-0.3, -0.25) is 0 Å². The molecule has 1 aromatic carbocycles. The molecule has 116 valence electrons. The Bertz CT molecular complexity index is 481. The molecule has 6 nitrogen and oxygen atoms in total. The molecule has 0 amide bonds. The zero-order chi connectivity index (χ0) is 15.2. The lowest BCUT2D eigenvalue weighted by Gasteiger charge is -2.20. The summed E-state index contributed by atoms with van der Waals surface area (Å²) in [5.41, 5.74) is 0.333. The van der Waals surface area contributed by atoms with Crippen LogP contribution in [-0.4, -0.2) is 44.1 Å². The quantitative estimate of drug-likeness (QED) is 0.801. The van der Waals surface area contributed by atoms with E-state index in [0.717, 1.165) is 6.42 Å². The van der Waals surface area contributed by atoms with Crippen molar-refractivity contribution in [2.45, 2.75) is 25.6 Å². The number of para-hydroxylation sites is 1. The van der Waals surface area contributed by atoms with Gasteiger partial charge in [0, 0.05) is 12.0 Å². The molecule has 1 heterocycles. The molecule has 1 aliphatic rings. The number of esters is 1. The van der Waals surface area contributed by atoms with E-state index in [1.165, 1.54) is 7.11 Å². The zero-order valence-corrected chi connectivity index (χ0v) is 12.2. The lowest BCUT2D eigenvalue weighted by atomic mass is 10.1. The second-order valence-electron chi connectivity index (χ2n) is 4.64. The van der Waals surface area contributed by atoms with Gasteiger partial charge in [0.05, 0.1) is 26.9 Å². The molecule has 1 aromatic rings. The lowest BCUT2D eigenvalue weighted by Crippen LogP contribution is -2.20. The summed E-state index contributed by atoms with van der Waals surface area (Å²) < 4.78 is 21.2. The van der Waals surface area contributed by atoms with Crippen LogP contribution >= 0.6 is 0 Å². The summed E-state index contributed by atoms with van der Waals surface area (Å²) in [6, 6.07) is 5.02. The number of aliphatic hydroxyl groups is 1. The number of hydrogen-bond donors (Lipinski definition) is 1. The van der Waals surface area contributed by atoms with Crippen LogP contribution in [0, 0.1) is 0 Å². The van der Waals surface area contributed by atoms with E-state index in [9.17, 15) is 9.90 Å². The molecule has 1 saturated heterocycles. The highest BCUT2D eigenvalue weighted by molar-refractivity contribution is 5.77. The van der Waals surface area contributed by atoms with Crippen molar-refractivity contribution in [2.24, 2.45) is 0 Å². The maximum absolute atomic E-state index is 11.7. The van der Waals surface area contributed by atoms with Crippen molar-refractivity contribution in [3.8, 4) is 11.5 Å². The number of hydrogen-bond acceptors (Lipinski definition) is 6. The Morgan fingerprint density at radius 2 is 2.33 bits per heavy atom. The third-order valence-corrected chi connectivity index (χ3v) is 3.21. The van der Waals surface area contributed by atoms with E-state index < -0.39 is 12.1 Å². The van der Waals surface area contributed by atoms with Gasteiger partial charge in [0.25, 0.3) is 0 Å². The fourth-order valence-corrected chi connectivity index (χ4v) is 2.16. The Labute approximate surface area is 123 Å². The average molecular weight is 296 g/mol. The summed E-state index contributed by atoms with van der Waals surface area (Å²) in [5, 5.41) is 10.2. The lowest BCUT2D eigenvalue weighted by molar-refractivity contribution is -0.153. The molecule has 0 bridgehead atoms. The second kappa shape index (κ2) is 7.28. The third kappa shape index (κ3) is 3.65. The van der Waals surface area contributed by atoms with E-state index in [1.807, 2.05) is 0 Å². The zero-order valence-electron chi connectivity index (χ0n) is 12.2. The first-order valence-corrected chi connectivity index (χ1v) is 6.93. The number of benzene rings is 1. The fourth-order valence-electron chi connectivity index (χ4n) is 2.16. The van der Waals surface area contributed by atoms with E-state index >= 15 is 0 Å². The van der Waals surface area contributed by atoms with Crippen LogP contribution in [0.25, 0.3) is 0 Å². The Morgan fingerprint density at radius 1 is 1.52 bits per heavy atom. The monoisotopic (exact) mass is 296 g/mol. The molecule has 2 atom stereocenters. The van der Waals surface area contributed by atoms with Gasteiger partial charge in [0.1, 0.15) is 6.10 Å². The molecule has 6 heteroatoms. The summed E-state index contributed by atoms with van der Waals surface area (Å²) in [5.74, 6) is 0.108. The van der Waals surface area contributed by atoms with Gasteiger partial charge in [-0.25, -0.2) is 4.79 Å². The maximum Gasteiger partial charge on any atom is 0.339 e. The summed E-state index contributed by atoms with van der Waals surface area (Å²) in [6.45, 7) is 3.00. The molecule has 0 spiro atoms. The van der Waals surface area contributed by atoms with Crippen molar-refractivity contribution in [3.63, 3.8) is 0 Å². The largest absolute Gasteiger partial charge is 0.493 e. The molecule has 21 heavy (non-hydrogen) atoms. The number of ether oxygens (including phenoxy) is 4. The highest BCUT2D eigenvalue weighted by Gasteiger charge is 2.27. The molecule has 0 saturated carbocycles. The standard InChI is InChI=1S/C15H20O6/c1-3-20-15(17)13(16)11-5-4-6-12(18-2)14(11)21-10-7-8-19-9-10/h4-6,10,13,16H,3,7-9H2,1-2H3. The predicted molar refractivity (Wildman–Crippen MR) is 74.4 cm³/mol. The summed E-state index contributed by atoms with van der Waals surface area (Å²) in [4.78, 5) is 11.7. The van der Waals surface area contributed by atoms with E-state index in [0.29, 0.717) is 30.3 Å². The van der Waals surface area contributed by atoms with Gasteiger partial charge >= 0.3 is 5.97 Å². The number of carbonyl (C=O) groups is 1. The molecular weight excluding hydrogens is 276 g/mol. The minimum Gasteiger partial charge on any atom is -0.493 e. The molecule has 0 aromatic heterocycles. The first kappa shape index (κ1) is 15.6. The van der Waals surface area contributed by atoms with Crippen LogP contribution in [0.1, 0.15) is 25.0 Å². The fraction of sp³-hybridized carbons (Fsp3) is 0.533. The van der Waals surface area contributed by atoms with E-state index in [4.69, 9.17) is 18.9 Å². The topological polar surface area (TPSA) is 74.2 Å². The summed E-state index contributed by atoms with van der Waals surface area (Å²) in [7, 11) is 1.51. The van der Waals surface area contributed by atoms with Crippen LogP contribution in [-0.2, 0) is 14.3 Å². The number of carbonyl (C=O) groups excluding carboxylic acids is 1. The predicted octanol–water partition coefficient (Wildman–Crippen LogP) is 1.46. The molecule has 0 aliphatic carbocycles. The highest BCUT2D eigenvalue weighted by atomic mass is 16.6. The van der Waals surface area contributed by atoms with Crippen molar-refractivity contribution >= 4 is 5.97 Å². The van der Waals surface area contributed by atoms with Gasteiger partial charge in [-0.2, -0.15) is 0 Å². The Kier molecular flexibility index (Phi) is 5.41. The van der Waals surface area contributed by atoms with Gasteiger partial charge in [-0.05, 0) is 13.0 Å². The molecular formula is C15H20O6. The van der Waals surface area contributed by atoms with Crippen LogP contribution in [0.3, 0.4) is 0 Å². The number of aliphatic hydroxyl groups excluding tert-OH is 1. The summed E-state index contributed by atoms with van der Waals surface area (Å²) in [6.07, 6.45) is -0.765. The van der Waals surface area contributed by atoms with E-state index in [1.54, 1.807) is 25.1 Å². The molecule has 0 radical (unpaired) electrons. The van der Waals surface area contributed by atoms with Crippen molar-refractivity contribution < 1.29 is 28.8 Å². The first-order valence-electron chi connectivity index (χ1n) is 6.93. The minimum atomic E-state index is -1.41. The molecule has 1 fully saturated rings. The van der Waals surface area contributed by atoms with Gasteiger partial charge in [-0.15, -0.1) is 0 Å². The smallest absolute Gasteiger partial charge is 0.339 e. The average Bonchev–Trinajstić information content (AvgIpc) is 3.00. The van der Waals surface area contributed by atoms with Crippen LogP contribution < -0.4 is 9.47 Å². The Balaban J connectivity index is 2.28. The highest BCUT2D eigenvalue weighted by Crippen LogP contribution is 2.36. The van der Waals surface area contributed by atoms with Crippen LogP contribution in [0.2, 0.25) is 0 Å². The van der Waals surface area contributed by atoms with Crippen molar-refractivity contribution in [1.29, 1.82) is 0 Å². The molecule has 1 N–H and O–H groups in total. The maximum atomic E-state index is 11.7. The van der Waals surface area contributed by atoms with Gasteiger partial charge in [0.15, 0.2) is 17.6 Å². The number of methoxy groups -OCH3 is 1. The van der Waals surface area contributed by atoms with Gasteiger partial charge in [0.2, 0.25) is 0 Å². The van der Waals surface area contributed by atoms with Crippen molar-refractivity contribution in [1.82, 2.24) is 0 Å². The molecule has 1 aliphatic heterocycles. The summed E-state index contributed by atoms with van der Waals surface area (Å²) >= 11 is 0. The van der Waals surface area contributed by atoms with E-state index in [-0.39, 0.29) is 12.7 Å². The van der Waals surface area contributed by atoms with Gasteiger partial charge < -0.3 is 24.1 Å². The second-order valence-corrected chi connectivity index (χ2v) is 4.64. The van der Waals surface area contributed by atoms with Crippen molar-refractivity contribution in [2.75, 3.05) is 26.9 Å². The van der Waals surface area contributed by atoms with Crippen molar-refractivity contribution in [3.05, 3.63) is 23.8 Å². The number of rotatable bonds is 6. The van der Waals surface area contributed by atoms with Gasteiger partial charge in [-0.1, -0.05) is 12.1 Å². The van der Waals surface area contributed by atoms with Crippen LogP contribution in [0.15, 0.2) is 18.2 Å². The molecule has 2 unspecified atom stereocenters. The van der Waals surface area contributed by atoms with Crippen LogP contribution in [0.5, 0.6) is 11.5 Å². The van der Waals surface area contributed by atoms with E-state index in [2.05, 4.69) is 0 Å². The van der Waals surface area contributed by atoms with Crippen LogP contribution in [0.4, 0.5) is 0 Å².